The minimum Gasteiger partial charge on any atom is -0.465 e. The van der Waals surface area contributed by atoms with E-state index in [4.69, 9.17) is 4.74 Å². The number of esters is 1. The second-order valence-electron chi connectivity index (χ2n) is 3.72. The number of rotatable bonds is 6. The molecule has 2 unspecified atom stereocenters. The van der Waals surface area contributed by atoms with Crippen LogP contribution in [-0.4, -0.2) is 18.6 Å². The molecule has 0 aliphatic carbocycles. The van der Waals surface area contributed by atoms with Crippen LogP contribution in [0.2, 0.25) is 0 Å². The lowest BCUT2D eigenvalue weighted by molar-refractivity contribution is -0.146. The monoisotopic (exact) mass is 241 g/mol. The summed E-state index contributed by atoms with van der Waals surface area (Å²) in [5.74, 6) is -0.193. The fourth-order valence-corrected chi connectivity index (χ4v) is 2.05. The Morgan fingerprint density at radius 3 is 2.81 bits per heavy atom. The van der Waals surface area contributed by atoms with Crippen molar-refractivity contribution >= 4 is 17.3 Å². The first kappa shape index (κ1) is 13.2. The summed E-state index contributed by atoms with van der Waals surface area (Å²) in [6, 6.07) is 1.93. The Hall–Kier alpha value is -0.870. The van der Waals surface area contributed by atoms with Crippen molar-refractivity contribution in [3.8, 4) is 0 Å². The maximum Gasteiger partial charge on any atom is 0.327 e. The maximum absolute atomic E-state index is 11.8. The van der Waals surface area contributed by atoms with Crippen LogP contribution in [0.5, 0.6) is 0 Å². The number of carbonyl (C=O) groups is 1. The highest BCUT2D eigenvalue weighted by Gasteiger charge is 2.23. The molecule has 1 aromatic heterocycles. The van der Waals surface area contributed by atoms with E-state index in [1.54, 1.807) is 11.3 Å². The number of thiophene rings is 1. The SMILES string of the molecule is CCOC(=O)C(NC(C)CC)c1ccsc1. The molecule has 0 aromatic carbocycles. The summed E-state index contributed by atoms with van der Waals surface area (Å²) in [4.78, 5) is 11.8. The minimum absolute atomic E-state index is 0.193. The van der Waals surface area contributed by atoms with E-state index in [9.17, 15) is 4.79 Å². The lowest BCUT2D eigenvalue weighted by atomic mass is 10.1. The highest BCUT2D eigenvalue weighted by molar-refractivity contribution is 7.08. The molecule has 0 radical (unpaired) electrons. The van der Waals surface area contributed by atoms with Crippen LogP contribution in [0.15, 0.2) is 16.8 Å². The number of hydrogen-bond acceptors (Lipinski definition) is 4. The summed E-state index contributed by atoms with van der Waals surface area (Å²) in [6.45, 7) is 6.40. The van der Waals surface area contributed by atoms with Gasteiger partial charge in [0.1, 0.15) is 6.04 Å². The van der Waals surface area contributed by atoms with Crippen molar-refractivity contribution in [2.24, 2.45) is 0 Å². The van der Waals surface area contributed by atoms with E-state index in [1.165, 1.54) is 0 Å². The van der Waals surface area contributed by atoms with Crippen molar-refractivity contribution in [1.29, 1.82) is 0 Å². The summed E-state index contributed by atoms with van der Waals surface area (Å²) >= 11 is 1.59. The van der Waals surface area contributed by atoms with Gasteiger partial charge >= 0.3 is 5.97 Å². The van der Waals surface area contributed by atoms with Crippen molar-refractivity contribution < 1.29 is 9.53 Å². The number of hydrogen-bond donors (Lipinski definition) is 1. The molecular formula is C12H19NO2S. The van der Waals surface area contributed by atoms with Gasteiger partial charge in [0.05, 0.1) is 6.61 Å². The number of nitrogens with one attached hydrogen (secondary N) is 1. The van der Waals surface area contributed by atoms with E-state index < -0.39 is 0 Å². The van der Waals surface area contributed by atoms with Crippen molar-refractivity contribution in [1.82, 2.24) is 5.32 Å². The Balaban J connectivity index is 2.73. The highest BCUT2D eigenvalue weighted by atomic mass is 32.1. The van der Waals surface area contributed by atoms with Crippen molar-refractivity contribution in [2.45, 2.75) is 39.3 Å². The molecule has 0 fully saturated rings. The van der Waals surface area contributed by atoms with Crippen LogP contribution in [0.1, 0.15) is 38.8 Å². The quantitative estimate of drug-likeness (QED) is 0.778. The van der Waals surface area contributed by atoms with Gasteiger partial charge in [-0.05, 0) is 42.7 Å². The summed E-state index contributed by atoms with van der Waals surface area (Å²) in [6.07, 6.45) is 0.986. The highest BCUT2D eigenvalue weighted by Crippen LogP contribution is 2.19. The predicted octanol–water partition coefficient (Wildman–Crippen LogP) is 2.74. The smallest absolute Gasteiger partial charge is 0.327 e. The topological polar surface area (TPSA) is 38.3 Å². The van der Waals surface area contributed by atoms with E-state index >= 15 is 0 Å². The second-order valence-corrected chi connectivity index (χ2v) is 4.50. The molecule has 1 aromatic rings. The Morgan fingerprint density at radius 1 is 1.56 bits per heavy atom. The zero-order valence-corrected chi connectivity index (χ0v) is 10.8. The number of carbonyl (C=O) groups excluding carboxylic acids is 1. The van der Waals surface area contributed by atoms with Gasteiger partial charge in [0, 0.05) is 6.04 Å². The van der Waals surface area contributed by atoms with E-state index in [0.717, 1.165) is 12.0 Å². The van der Waals surface area contributed by atoms with Gasteiger partial charge in [-0.2, -0.15) is 11.3 Å². The number of ether oxygens (including phenoxy) is 1. The van der Waals surface area contributed by atoms with Crippen LogP contribution in [0.25, 0.3) is 0 Å². The second kappa shape index (κ2) is 6.66. The van der Waals surface area contributed by atoms with Crippen molar-refractivity contribution in [2.75, 3.05) is 6.61 Å². The first-order valence-electron chi connectivity index (χ1n) is 5.63. The summed E-state index contributed by atoms with van der Waals surface area (Å²) in [5.41, 5.74) is 0.990. The van der Waals surface area contributed by atoms with Gasteiger partial charge in [-0.1, -0.05) is 6.92 Å². The van der Waals surface area contributed by atoms with Crippen LogP contribution < -0.4 is 5.32 Å². The van der Waals surface area contributed by atoms with Crippen molar-refractivity contribution in [3.05, 3.63) is 22.4 Å². The van der Waals surface area contributed by atoms with Gasteiger partial charge in [0.25, 0.3) is 0 Å². The zero-order chi connectivity index (χ0) is 12.0. The normalized spacial score (nSPS) is 14.4. The summed E-state index contributed by atoms with van der Waals surface area (Å²) in [5, 5.41) is 7.24. The molecule has 0 saturated carbocycles. The molecule has 1 rings (SSSR count). The fraction of sp³-hybridized carbons (Fsp3) is 0.583. The first-order valence-corrected chi connectivity index (χ1v) is 6.58. The van der Waals surface area contributed by atoms with Gasteiger partial charge in [0.2, 0.25) is 0 Å². The Bertz CT molecular complexity index is 311. The Labute approximate surface area is 101 Å². The van der Waals surface area contributed by atoms with Crippen LogP contribution in [0.4, 0.5) is 0 Å². The molecule has 4 heteroatoms. The van der Waals surface area contributed by atoms with Gasteiger partial charge in [-0.15, -0.1) is 0 Å². The third-order valence-corrected chi connectivity index (χ3v) is 3.16. The van der Waals surface area contributed by atoms with Crippen LogP contribution in [0, 0.1) is 0 Å². The van der Waals surface area contributed by atoms with Crippen LogP contribution in [-0.2, 0) is 9.53 Å². The molecule has 0 bridgehead atoms. The van der Waals surface area contributed by atoms with Gasteiger partial charge < -0.3 is 4.74 Å². The molecule has 0 aliphatic rings. The molecule has 3 nitrogen and oxygen atoms in total. The molecular weight excluding hydrogens is 222 g/mol. The molecule has 2 atom stereocenters. The van der Waals surface area contributed by atoms with E-state index in [0.29, 0.717) is 12.6 Å². The lowest BCUT2D eigenvalue weighted by Gasteiger charge is -2.20. The first-order chi connectivity index (χ1) is 7.69. The molecule has 0 aliphatic heterocycles. The van der Waals surface area contributed by atoms with Gasteiger partial charge in [-0.25, -0.2) is 4.79 Å². The molecule has 0 saturated heterocycles. The average Bonchev–Trinajstić information content (AvgIpc) is 2.78. The van der Waals surface area contributed by atoms with E-state index in [2.05, 4.69) is 19.2 Å². The molecule has 90 valence electrons. The average molecular weight is 241 g/mol. The molecule has 0 spiro atoms. The van der Waals surface area contributed by atoms with Gasteiger partial charge in [-0.3, -0.25) is 5.32 Å². The van der Waals surface area contributed by atoms with Crippen molar-refractivity contribution in [3.63, 3.8) is 0 Å². The third-order valence-electron chi connectivity index (χ3n) is 2.46. The van der Waals surface area contributed by atoms with E-state index in [1.807, 2.05) is 23.8 Å². The predicted molar refractivity (Wildman–Crippen MR) is 66.6 cm³/mol. The molecule has 16 heavy (non-hydrogen) atoms. The van der Waals surface area contributed by atoms with Gasteiger partial charge in [0.15, 0.2) is 0 Å². The van der Waals surface area contributed by atoms with Crippen LogP contribution >= 0.6 is 11.3 Å². The largest absolute Gasteiger partial charge is 0.465 e. The maximum atomic E-state index is 11.8. The third kappa shape index (κ3) is 3.61. The zero-order valence-electron chi connectivity index (χ0n) is 10.0. The summed E-state index contributed by atoms with van der Waals surface area (Å²) in [7, 11) is 0. The Morgan fingerprint density at radius 2 is 2.31 bits per heavy atom. The standard InChI is InChI=1S/C12H19NO2S/c1-4-9(3)13-11(12(14)15-5-2)10-6-7-16-8-10/h6-9,11,13H,4-5H2,1-3H3. The summed E-state index contributed by atoms with van der Waals surface area (Å²) < 4.78 is 5.08. The molecule has 1 N–H and O–H groups in total. The fourth-order valence-electron chi connectivity index (χ4n) is 1.37. The lowest BCUT2D eigenvalue weighted by Crippen LogP contribution is -2.35. The molecule has 1 heterocycles. The Kier molecular flexibility index (Phi) is 5.49. The molecule has 0 amide bonds. The van der Waals surface area contributed by atoms with E-state index in [-0.39, 0.29) is 12.0 Å². The minimum atomic E-state index is -0.332. The van der Waals surface area contributed by atoms with Crippen LogP contribution in [0.3, 0.4) is 0 Å².